The smallest absolute Gasteiger partial charge is 0.258 e. The molecular weight excluding hydrogens is 457 g/mol. The molecule has 0 unspecified atom stereocenters. The monoisotopic (exact) mass is 481 g/mol. The molecule has 2 N–H and O–H groups in total. The van der Waals surface area contributed by atoms with Gasteiger partial charge >= 0.3 is 0 Å². The van der Waals surface area contributed by atoms with Crippen LogP contribution in [0.15, 0.2) is 42.6 Å². The molecule has 0 saturated heterocycles. The van der Waals surface area contributed by atoms with Gasteiger partial charge in [0.15, 0.2) is 0 Å². The number of rotatable bonds is 4. The predicted octanol–water partition coefficient (Wildman–Crippen LogP) is 4.92. The summed E-state index contributed by atoms with van der Waals surface area (Å²) >= 11 is 6.20. The molecule has 1 saturated carbocycles. The molecule has 2 heterocycles. The van der Waals surface area contributed by atoms with Crippen LogP contribution in [0.3, 0.4) is 0 Å². The Morgan fingerprint density at radius 1 is 1.21 bits per heavy atom. The summed E-state index contributed by atoms with van der Waals surface area (Å²) in [7, 11) is 1.81. The minimum absolute atomic E-state index is 0.0199. The number of carbonyl (C=O) groups excluding carboxylic acids is 2. The number of carbonyl (C=O) groups is 2. The van der Waals surface area contributed by atoms with Gasteiger partial charge in [-0.1, -0.05) is 30.5 Å². The van der Waals surface area contributed by atoms with E-state index < -0.39 is 5.82 Å². The second-order valence-corrected chi connectivity index (χ2v) is 9.26. The van der Waals surface area contributed by atoms with Crippen molar-refractivity contribution in [2.45, 2.75) is 38.8 Å². The Kier molecular flexibility index (Phi) is 6.00. The van der Waals surface area contributed by atoms with Crippen LogP contribution in [0.4, 0.5) is 21.6 Å². The highest BCUT2D eigenvalue weighted by molar-refractivity contribution is 6.31. The first-order valence-electron chi connectivity index (χ1n) is 11.4. The Balaban J connectivity index is 1.39. The summed E-state index contributed by atoms with van der Waals surface area (Å²) in [5.41, 5.74) is 2.70. The van der Waals surface area contributed by atoms with Crippen molar-refractivity contribution in [1.29, 1.82) is 0 Å². The molecule has 7 nitrogen and oxygen atoms in total. The third kappa shape index (κ3) is 4.25. The molecular formula is C25H25ClFN5O2. The maximum Gasteiger partial charge on any atom is 0.258 e. The van der Waals surface area contributed by atoms with Gasteiger partial charge in [-0.15, -0.1) is 0 Å². The summed E-state index contributed by atoms with van der Waals surface area (Å²) in [6.07, 6.45) is 5.60. The van der Waals surface area contributed by atoms with Gasteiger partial charge in [-0.2, -0.15) is 5.10 Å². The normalized spacial score (nSPS) is 15.3. The van der Waals surface area contributed by atoms with Crippen molar-refractivity contribution in [3.8, 4) is 0 Å². The first kappa shape index (κ1) is 22.4. The fourth-order valence-corrected chi connectivity index (χ4v) is 4.83. The van der Waals surface area contributed by atoms with E-state index in [1.54, 1.807) is 46.1 Å². The highest BCUT2D eigenvalue weighted by Crippen LogP contribution is 2.38. The largest absolute Gasteiger partial charge is 0.352 e. The van der Waals surface area contributed by atoms with Gasteiger partial charge in [-0.25, -0.2) is 4.39 Å². The molecule has 34 heavy (non-hydrogen) atoms. The fourth-order valence-electron chi connectivity index (χ4n) is 4.66. The average Bonchev–Trinajstić information content (AvgIpc) is 3.44. The molecule has 5 rings (SSSR count). The van der Waals surface area contributed by atoms with Crippen LogP contribution in [-0.2, 0) is 24.9 Å². The maximum atomic E-state index is 14.9. The van der Waals surface area contributed by atoms with Gasteiger partial charge < -0.3 is 15.5 Å². The van der Waals surface area contributed by atoms with Crippen LogP contribution < -0.4 is 15.5 Å². The maximum absolute atomic E-state index is 14.9. The van der Waals surface area contributed by atoms with Crippen LogP contribution in [0.25, 0.3) is 0 Å². The SMILES string of the molecule is Cn1ncc2c1Nc1cc(Cl)ccc1N(C(=O)c1ccc(CNC(=O)C3CCCC3)c(F)c1)C2. The predicted molar refractivity (Wildman–Crippen MR) is 129 cm³/mol. The third-order valence-electron chi connectivity index (χ3n) is 6.57. The zero-order valence-electron chi connectivity index (χ0n) is 18.8. The van der Waals surface area contributed by atoms with Crippen molar-refractivity contribution in [2.24, 2.45) is 13.0 Å². The van der Waals surface area contributed by atoms with E-state index in [-0.39, 0.29) is 36.4 Å². The van der Waals surface area contributed by atoms with Gasteiger partial charge in [0, 0.05) is 41.2 Å². The van der Waals surface area contributed by atoms with Gasteiger partial charge in [0.25, 0.3) is 5.91 Å². The average molecular weight is 482 g/mol. The number of fused-ring (bicyclic) bond motifs is 2. The van der Waals surface area contributed by atoms with E-state index in [0.717, 1.165) is 37.1 Å². The highest BCUT2D eigenvalue weighted by atomic mass is 35.5. The van der Waals surface area contributed by atoms with Crippen LogP contribution in [0.5, 0.6) is 0 Å². The lowest BCUT2D eigenvalue weighted by molar-refractivity contribution is -0.124. The van der Waals surface area contributed by atoms with Crippen LogP contribution in [-0.4, -0.2) is 21.6 Å². The summed E-state index contributed by atoms with van der Waals surface area (Å²) in [5.74, 6) is -0.118. The minimum atomic E-state index is -0.524. The molecule has 176 valence electrons. The molecule has 2 aliphatic rings. The molecule has 0 bridgehead atoms. The number of nitrogens with zero attached hydrogens (tertiary/aromatic N) is 3. The van der Waals surface area contributed by atoms with Crippen molar-refractivity contribution in [3.05, 3.63) is 70.1 Å². The van der Waals surface area contributed by atoms with Crippen LogP contribution in [0.1, 0.15) is 47.2 Å². The van der Waals surface area contributed by atoms with Crippen molar-refractivity contribution in [3.63, 3.8) is 0 Å². The Morgan fingerprint density at radius 3 is 2.76 bits per heavy atom. The lowest BCUT2D eigenvalue weighted by Gasteiger charge is -2.23. The van der Waals surface area contributed by atoms with Crippen molar-refractivity contribution < 1.29 is 14.0 Å². The molecule has 0 atom stereocenters. The van der Waals surface area contributed by atoms with E-state index in [1.165, 1.54) is 6.07 Å². The van der Waals surface area contributed by atoms with Gasteiger partial charge in [0.1, 0.15) is 11.6 Å². The number of nitrogens with one attached hydrogen (secondary N) is 2. The molecule has 3 aromatic rings. The Bertz CT molecular complexity index is 1270. The molecule has 1 aliphatic heterocycles. The molecule has 1 aliphatic carbocycles. The van der Waals surface area contributed by atoms with E-state index in [0.29, 0.717) is 22.0 Å². The van der Waals surface area contributed by atoms with E-state index in [2.05, 4.69) is 15.7 Å². The second kappa shape index (κ2) is 9.10. The number of amides is 2. The Labute approximate surface area is 201 Å². The highest BCUT2D eigenvalue weighted by Gasteiger charge is 2.28. The standard InChI is InChI=1S/C25H25ClFN5O2/c1-31-23-18(13-29-31)14-32(22-9-8-19(26)11-21(22)30-23)25(34)16-6-7-17(20(27)10-16)12-28-24(33)15-4-2-3-5-15/h6-11,13,15,30H,2-5,12,14H2,1H3,(H,28,33). The van der Waals surface area contributed by atoms with E-state index in [4.69, 9.17) is 11.6 Å². The molecule has 0 radical (unpaired) electrons. The Morgan fingerprint density at radius 2 is 2.00 bits per heavy atom. The van der Waals surface area contributed by atoms with E-state index >= 15 is 0 Å². The van der Waals surface area contributed by atoms with Crippen molar-refractivity contribution >= 4 is 40.6 Å². The van der Waals surface area contributed by atoms with Gasteiger partial charge in [0.2, 0.25) is 5.91 Å². The first-order valence-corrected chi connectivity index (χ1v) is 11.7. The van der Waals surface area contributed by atoms with Crippen molar-refractivity contribution in [1.82, 2.24) is 15.1 Å². The lowest BCUT2D eigenvalue weighted by Crippen LogP contribution is -2.30. The van der Waals surface area contributed by atoms with Gasteiger partial charge in [-0.05, 0) is 43.2 Å². The fraction of sp³-hybridized carbons (Fsp3) is 0.320. The molecule has 9 heteroatoms. The zero-order valence-corrected chi connectivity index (χ0v) is 19.5. The molecule has 2 amide bonds. The number of benzene rings is 2. The van der Waals surface area contributed by atoms with Gasteiger partial charge in [0.05, 0.1) is 24.1 Å². The van der Waals surface area contributed by atoms with Crippen LogP contribution in [0, 0.1) is 11.7 Å². The summed E-state index contributed by atoms with van der Waals surface area (Å²) in [6.45, 7) is 0.369. The van der Waals surface area contributed by atoms with E-state index in [9.17, 15) is 14.0 Å². The number of hydrogen-bond acceptors (Lipinski definition) is 4. The molecule has 1 aromatic heterocycles. The number of halogens is 2. The molecule has 2 aromatic carbocycles. The van der Waals surface area contributed by atoms with Crippen LogP contribution >= 0.6 is 11.6 Å². The minimum Gasteiger partial charge on any atom is -0.352 e. The first-order chi connectivity index (χ1) is 16.4. The number of aromatic nitrogens is 2. The van der Waals surface area contributed by atoms with Gasteiger partial charge in [-0.3, -0.25) is 14.3 Å². The topological polar surface area (TPSA) is 79.3 Å². The lowest BCUT2D eigenvalue weighted by atomic mass is 10.1. The number of aryl methyl sites for hydroxylation is 1. The third-order valence-corrected chi connectivity index (χ3v) is 6.80. The van der Waals surface area contributed by atoms with Crippen LogP contribution in [0.2, 0.25) is 5.02 Å². The zero-order chi connectivity index (χ0) is 23.8. The quantitative estimate of drug-likeness (QED) is 0.554. The summed E-state index contributed by atoms with van der Waals surface area (Å²) in [5, 5.41) is 10.9. The Hall–Kier alpha value is -3.39. The summed E-state index contributed by atoms with van der Waals surface area (Å²) in [4.78, 5) is 27.4. The second-order valence-electron chi connectivity index (χ2n) is 8.83. The number of hydrogen-bond donors (Lipinski definition) is 2. The number of anilines is 3. The van der Waals surface area contributed by atoms with E-state index in [1.807, 2.05) is 7.05 Å². The molecule has 0 spiro atoms. The molecule has 1 fully saturated rings. The summed E-state index contributed by atoms with van der Waals surface area (Å²) < 4.78 is 16.6. The van der Waals surface area contributed by atoms with Crippen molar-refractivity contribution in [2.75, 3.05) is 10.2 Å². The summed E-state index contributed by atoms with van der Waals surface area (Å²) in [6, 6.07) is 9.62.